The Morgan fingerprint density at radius 1 is 0.245 bits per heavy atom. The number of benzene rings is 8. The Morgan fingerprint density at radius 3 is 1.22 bits per heavy atom. The van der Waals surface area contributed by atoms with E-state index in [0.717, 1.165) is 11.0 Å². The van der Waals surface area contributed by atoms with Crippen molar-refractivity contribution in [2.75, 3.05) is 0 Å². The van der Waals surface area contributed by atoms with E-state index in [1.807, 2.05) is 0 Å². The summed E-state index contributed by atoms with van der Waals surface area (Å²) in [5.74, 6) is 0. The molecule has 0 fully saturated rings. The Hall–Kier alpha value is -6.44. The number of para-hydroxylation sites is 1. The number of aromatic nitrogens is 1. The fraction of sp³-hybridized carbons (Fsp3) is 0. The summed E-state index contributed by atoms with van der Waals surface area (Å²) < 4.78 is 0. The van der Waals surface area contributed by atoms with Gasteiger partial charge in [-0.2, -0.15) is 0 Å². The topological polar surface area (TPSA) is 15.8 Å². The van der Waals surface area contributed by atoms with Gasteiger partial charge in [-0.15, -0.1) is 0 Å². The summed E-state index contributed by atoms with van der Waals surface area (Å²) in [4.78, 5) is 3.76. The van der Waals surface area contributed by atoms with E-state index in [1.165, 1.54) is 77.5 Å². The van der Waals surface area contributed by atoms with Gasteiger partial charge in [-0.1, -0.05) is 164 Å². The summed E-state index contributed by atoms with van der Waals surface area (Å²) in [7, 11) is 0. The third-order valence-corrected chi connectivity index (χ3v) is 9.64. The quantitative estimate of drug-likeness (QED) is 0.190. The molecule has 0 saturated carbocycles. The van der Waals surface area contributed by atoms with Crippen molar-refractivity contribution in [2.24, 2.45) is 0 Å². The van der Waals surface area contributed by atoms with Gasteiger partial charge in [0, 0.05) is 21.9 Å². The maximum Gasteiger partial charge on any atom is 0.0544 e. The van der Waals surface area contributed by atoms with E-state index in [1.54, 1.807) is 0 Å². The van der Waals surface area contributed by atoms with Gasteiger partial charge in [0.05, 0.1) is 5.52 Å². The SMILES string of the molecule is c1ccc(-c2ccc(-c3cccc(-c4cc(-c5cccc(-c6ccc(-c7ccccc7)cc6)c5)c5[nH]c6ccccc6c5c4)c3)cc2)cc1. The van der Waals surface area contributed by atoms with Gasteiger partial charge in [0.15, 0.2) is 0 Å². The Bertz CT molecular complexity index is 2560. The highest BCUT2D eigenvalue weighted by molar-refractivity contribution is 6.13. The van der Waals surface area contributed by atoms with Crippen LogP contribution < -0.4 is 0 Å². The van der Waals surface area contributed by atoms with Crippen LogP contribution in [0, 0.1) is 0 Å². The van der Waals surface area contributed by atoms with Crippen LogP contribution >= 0.6 is 0 Å². The zero-order valence-electron chi connectivity index (χ0n) is 27.0. The molecule has 1 aromatic heterocycles. The van der Waals surface area contributed by atoms with Gasteiger partial charge in [0.1, 0.15) is 0 Å². The molecule has 0 aliphatic rings. The van der Waals surface area contributed by atoms with Gasteiger partial charge in [-0.3, -0.25) is 0 Å². The van der Waals surface area contributed by atoms with Gasteiger partial charge in [-0.25, -0.2) is 0 Å². The van der Waals surface area contributed by atoms with E-state index >= 15 is 0 Å². The molecule has 0 atom stereocenters. The molecule has 1 nitrogen and oxygen atoms in total. The van der Waals surface area contributed by atoms with E-state index in [9.17, 15) is 0 Å². The highest BCUT2D eigenvalue weighted by Crippen LogP contribution is 2.39. The summed E-state index contributed by atoms with van der Waals surface area (Å²) in [5.41, 5.74) is 16.8. The molecular weight excluding hydrogens is 591 g/mol. The molecule has 0 aliphatic carbocycles. The summed E-state index contributed by atoms with van der Waals surface area (Å²) in [6.07, 6.45) is 0. The first-order chi connectivity index (χ1) is 24.3. The van der Waals surface area contributed by atoms with E-state index in [4.69, 9.17) is 0 Å². The average Bonchev–Trinajstić information content (AvgIpc) is 3.57. The van der Waals surface area contributed by atoms with Crippen LogP contribution in [0.15, 0.2) is 194 Å². The Labute approximate surface area is 286 Å². The molecule has 8 aromatic carbocycles. The molecular formula is C48H33N. The molecule has 0 spiro atoms. The smallest absolute Gasteiger partial charge is 0.0544 e. The first kappa shape index (κ1) is 28.8. The third-order valence-electron chi connectivity index (χ3n) is 9.64. The maximum absolute atomic E-state index is 3.76. The zero-order chi connectivity index (χ0) is 32.6. The van der Waals surface area contributed by atoms with E-state index in [2.05, 4.69) is 199 Å². The third kappa shape index (κ3) is 5.52. The van der Waals surface area contributed by atoms with Crippen molar-refractivity contribution in [3.8, 4) is 66.8 Å². The van der Waals surface area contributed by atoms with Crippen LogP contribution in [0.5, 0.6) is 0 Å². The lowest BCUT2D eigenvalue weighted by molar-refractivity contribution is 1.52. The maximum atomic E-state index is 3.76. The molecule has 0 radical (unpaired) electrons. The number of rotatable bonds is 6. The molecule has 9 rings (SSSR count). The van der Waals surface area contributed by atoms with Crippen LogP contribution in [-0.2, 0) is 0 Å². The van der Waals surface area contributed by atoms with Crippen LogP contribution in [0.2, 0.25) is 0 Å². The first-order valence-electron chi connectivity index (χ1n) is 16.8. The molecule has 0 saturated heterocycles. The minimum atomic E-state index is 1.15. The van der Waals surface area contributed by atoms with Crippen LogP contribution in [0.4, 0.5) is 0 Å². The second-order valence-electron chi connectivity index (χ2n) is 12.7. The molecule has 49 heavy (non-hydrogen) atoms. The van der Waals surface area contributed by atoms with Crippen molar-refractivity contribution in [3.05, 3.63) is 194 Å². The number of hydrogen-bond acceptors (Lipinski definition) is 0. The lowest BCUT2D eigenvalue weighted by Crippen LogP contribution is -1.87. The first-order valence-corrected chi connectivity index (χ1v) is 16.8. The van der Waals surface area contributed by atoms with Crippen LogP contribution in [-0.4, -0.2) is 4.98 Å². The van der Waals surface area contributed by atoms with Crippen LogP contribution in [0.25, 0.3) is 88.6 Å². The summed E-state index contributed by atoms with van der Waals surface area (Å²) in [6.45, 7) is 0. The van der Waals surface area contributed by atoms with Crippen molar-refractivity contribution in [1.82, 2.24) is 4.98 Å². The Kier molecular flexibility index (Phi) is 7.22. The number of H-pyrrole nitrogens is 1. The van der Waals surface area contributed by atoms with Gasteiger partial charge in [0.25, 0.3) is 0 Å². The summed E-state index contributed by atoms with van der Waals surface area (Å²) in [6, 6.07) is 70.1. The van der Waals surface area contributed by atoms with Crippen LogP contribution in [0.1, 0.15) is 0 Å². The Morgan fingerprint density at radius 2 is 0.653 bits per heavy atom. The minimum absolute atomic E-state index is 1.15. The number of aromatic amines is 1. The standard InChI is InChI=1S/C48H33N/c1-3-11-33(12-4-1)35-21-25-37(26-22-35)39-15-9-17-41(29-39)43-31-45(48-46(32-43)44-19-7-8-20-47(44)49-48)42-18-10-16-40(30-42)38-27-23-36(24-28-38)34-13-5-2-6-14-34/h1-32,49H. The fourth-order valence-electron chi connectivity index (χ4n) is 7.06. The molecule has 1 N–H and O–H groups in total. The minimum Gasteiger partial charge on any atom is -0.354 e. The zero-order valence-corrected chi connectivity index (χ0v) is 27.0. The van der Waals surface area contributed by atoms with Gasteiger partial charge in [-0.05, 0) is 91.5 Å². The second-order valence-corrected chi connectivity index (χ2v) is 12.7. The predicted molar refractivity (Wildman–Crippen MR) is 208 cm³/mol. The van der Waals surface area contributed by atoms with Gasteiger partial charge < -0.3 is 4.98 Å². The fourth-order valence-corrected chi connectivity index (χ4v) is 7.06. The van der Waals surface area contributed by atoms with E-state index < -0.39 is 0 Å². The second kappa shape index (κ2) is 12.3. The lowest BCUT2D eigenvalue weighted by Gasteiger charge is -2.12. The molecule has 0 bridgehead atoms. The molecule has 1 heteroatoms. The lowest BCUT2D eigenvalue weighted by atomic mass is 9.92. The number of hydrogen-bond donors (Lipinski definition) is 1. The van der Waals surface area contributed by atoms with Gasteiger partial charge >= 0.3 is 0 Å². The van der Waals surface area contributed by atoms with Crippen molar-refractivity contribution in [2.45, 2.75) is 0 Å². The normalized spacial score (nSPS) is 11.3. The summed E-state index contributed by atoms with van der Waals surface area (Å²) in [5, 5.41) is 2.47. The Balaban J connectivity index is 1.13. The van der Waals surface area contributed by atoms with Crippen LogP contribution in [0.3, 0.4) is 0 Å². The molecule has 0 amide bonds. The van der Waals surface area contributed by atoms with E-state index in [0.29, 0.717) is 0 Å². The molecule has 0 unspecified atom stereocenters. The predicted octanol–water partition coefficient (Wildman–Crippen LogP) is 13.3. The largest absolute Gasteiger partial charge is 0.354 e. The monoisotopic (exact) mass is 623 g/mol. The van der Waals surface area contributed by atoms with Crippen molar-refractivity contribution >= 4 is 21.8 Å². The molecule has 230 valence electrons. The van der Waals surface area contributed by atoms with Crippen molar-refractivity contribution in [1.29, 1.82) is 0 Å². The molecule has 0 aliphatic heterocycles. The average molecular weight is 624 g/mol. The van der Waals surface area contributed by atoms with Gasteiger partial charge in [0.2, 0.25) is 0 Å². The molecule has 1 heterocycles. The number of nitrogens with one attached hydrogen (secondary N) is 1. The van der Waals surface area contributed by atoms with E-state index in [-0.39, 0.29) is 0 Å². The highest BCUT2D eigenvalue weighted by atomic mass is 14.7. The van der Waals surface area contributed by atoms with Crippen molar-refractivity contribution < 1.29 is 0 Å². The van der Waals surface area contributed by atoms with Crippen molar-refractivity contribution in [3.63, 3.8) is 0 Å². The highest BCUT2D eigenvalue weighted by Gasteiger charge is 2.14. The number of fused-ring (bicyclic) bond motifs is 3. The summed E-state index contributed by atoms with van der Waals surface area (Å²) >= 11 is 0. The molecule has 9 aromatic rings.